The summed E-state index contributed by atoms with van der Waals surface area (Å²) in [4.78, 5) is -1.03. The molecule has 0 atom stereocenters. The predicted octanol–water partition coefficient (Wildman–Crippen LogP) is 3.14. The Morgan fingerprint density at radius 3 is 2.43 bits per heavy atom. The molecule has 2 aromatic rings. The summed E-state index contributed by atoms with van der Waals surface area (Å²) in [6, 6.07) is 4.94. The van der Waals surface area contributed by atoms with Crippen molar-refractivity contribution >= 4 is 33.0 Å². The zero-order valence-electron chi connectivity index (χ0n) is 10.2. The summed E-state index contributed by atoms with van der Waals surface area (Å²) in [6.45, 7) is 0. The summed E-state index contributed by atoms with van der Waals surface area (Å²) in [5.74, 6) is -4.08. The molecule has 4 nitrogen and oxygen atoms in total. The van der Waals surface area contributed by atoms with Gasteiger partial charge < -0.3 is 5.73 Å². The maximum Gasteiger partial charge on any atom is 0.265 e. The molecular weight excluding hydrogens is 329 g/mol. The van der Waals surface area contributed by atoms with Gasteiger partial charge in [0.15, 0.2) is 17.5 Å². The van der Waals surface area contributed by atoms with Crippen molar-refractivity contribution in [1.82, 2.24) is 0 Å². The van der Waals surface area contributed by atoms with Crippen LogP contribution in [0.3, 0.4) is 0 Å². The van der Waals surface area contributed by atoms with Gasteiger partial charge in [-0.2, -0.15) is 0 Å². The normalized spacial score (nSPS) is 11.4. The lowest BCUT2D eigenvalue weighted by Crippen LogP contribution is -2.16. The van der Waals surface area contributed by atoms with E-state index < -0.39 is 38.1 Å². The van der Waals surface area contributed by atoms with Crippen molar-refractivity contribution in [3.05, 3.63) is 52.8 Å². The first kappa shape index (κ1) is 15.5. The van der Waals surface area contributed by atoms with E-state index in [0.717, 1.165) is 12.1 Å². The van der Waals surface area contributed by atoms with Gasteiger partial charge in [-0.05, 0) is 24.3 Å². The van der Waals surface area contributed by atoms with Crippen LogP contribution in [0.15, 0.2) is 35.2 Å². The lowest BCUT2D eigenvalue weighted by Gasteiger charge is -2.11. The molecule has 0 aromatic heterocycles. The third-order valence-electron chi connectivity index (χ3n) is 2.50. The van der Waals surface area contributed by atoms with E-state index in [2.05, 4.69) is 0 Å². The van der Waals surface area contributed by atoms with Gasteiger partial charge in [-0.3, -0.25) is 4.72 Å². The molecule has 0 aliphatic rings. The Hall–Kier alpha value is -1.93. The van der Waals surface area contributed by atoms with Crippen molar-refractivity contribution < 1.29 is 21.6 Å². The average molecular weight is 337 g/mol. The molecule has 21 heavy (non-hydrogen) atoms. The van der Waals surface area contributed by atoms with Crippen LogP contribution in [-0.2, 0) is 10.0 Å². The molecule has 9 heteroatoms. The quantitative estimate of drug-likeness (QED) is 0.846. The first-order valence-electron chi connectivity index (χ1n) is 5.43. The van der Waals surface area contributed by atoms with Crippen LogP contribution in [0.25, 0.3) is 0 Å². The monoisotopic (exact) mass is 336 g/mol. The minimum Gasteiger partial charge on any atom is -0.399 e. The van der Waals surface area contributed by atoms with Crippen LogP contribution in [-0.4, -0.2) is 8.42 Å². The molecule has 0 spiro atoms. The minimum absolute atomic E-state index is 0.291. The van der Waals surface area contributed by atoms with Crippen LogP contribution < -0.4 is 10.5 Å². The van der Waals surface area contributed by atoms with Crippen LogP contribution in [0.4, 0.5) is 24.5 Å². The second-order valence-corrected chi connectivity index (χ2v) is 6.08. The second kappa shape index (κ2) is 5.45. The fraction of sp³-hybridized carbons (Fsp3) is 0. The maximum absolute atomic E-state index is 13.7. The Morgan fingerprint density at radius 2 is 1.76 bits per heavy atom. The highest BCUT2D eigenvalue weighted by atomic mass is 35.5. The average Bonchev–Trinajstić information content (AvgIpc) is 2.39. The van der Waals surface area contributed by atoms with Gasteiger partial charge in [0, 0.05) is 5.69 Å². The van der Waals surface area contributed by atoms with E-state index in [1.165, 1.54) is 12.1 Å². The maximum atomic E-state index is 13.7. The molecule has 0 saturated carbocycles. The Kier molecular flexibility index (Phi) is 4.02. The van der Waals surface area contributed by atoms with Crippen molar-refractivity contribution in [1.29, 1.82) is 0 Å². The zero-order valence-corrected chi connectivity index (χ0v) is 11.8. The fourth-order valence-electron chi connectivity index (χ4n) is 1.56. The molecule has 0 bridgehead atoms. The number of nitrogen functional groups attached to an aromatic ring is 1. The Morgan fingerprint density at radius 1 is 1.10 bits per heavy atom. The topological polar surface area (TPSA) is 72.2 Å². The molecule has 0 heterocycles. The third kappa shape index (κ3) is 3.06. The Labute approximate surface area is 123 Å². The summed E-state index contributed by atoms with van der Waals surface area (Å²) in [5, 5.41) is -0.325. The zero-order chi connectivity index (χ0) is 15.8. The van der Waals surface area contributed by atoms with Crippen molar-refractivity contribution in [2.45, 2.75) is 4.90 Å². The molecule has 3 N–H and O–H groups in total. The van der Waals surface area contributed by atoms with Gasteiger partial charge in [0.2, 0.25) is 0 Å². The van der Waals surface area contributed by atoms with Crippen LogP contribution in [0.5, 0.6) is 0 Å². The summed E-state index contributed by atoms with van der Waals surface area (Å²) in [6.07, 6.45) is 0. The lowest BCUT2D eigenvalue weighted by atomic mass is 10.3. The molecule has 2 aromatic carbocycles. The van der Waals surface area contributed by atoms with Crippen molar-refractivity contribution in [3.8, 4) is 0 Å². The van der Waals surface area contributed by atoms with Crippen LogP contribution in [0.2, 0.25) is 5.02 Å². The van der Waals surface area contributed by atoms with Gasteiger partial charge >= 0.3 is 0 Å². The van der Waals surface area contributed by atoms with Gasteiger partial charge in [-0.1, -0.05) is 17.7 Å². The summed E-state index contributed by atoms with van der Waals surface area (Å²) >= 11 is 5.51. The first-order valence-corrected chi connectivity index (χ1v) is 7.30. The summed E-state index contributed by atoms with van der Waals surface area (Å²) in [5.41, 5.74) is 4.49. The minimum atomic E-state index is -4.57. The molecule has 0 amide bonds. The van der Waals surface area contributed by atoms with E-state index in [1.54, 1.807) is 4.72 Å². The van der Waals surface area contributed by atoms with Gasteiger partial charge in [0.1, 0.15) is 4.90 Å². The highest BCUT2D eigenvalue weighted by molar-refractivity contribution is 7.92. The largest absolute Gasteiger partial charge is 0.399 e. The molecule has 0 aliphatic heterocycles. The Balaban J connectivity index is 2.51. The van der Waals surface area contributed by atoms with E-state index >= 15 is 0 Å². The van der Waals surface area contributed by atoms with Crippen LogP contribution in [0, 0.1) is 17.5 Å². The number of sulfonamides is 1. The number of anilines is 2. The van der Waals surface area contributed by atoms with Crippen molar-refractivity contribution in [3.63, 3.8) is 0 Å². The van der Waals surface area contributed by atoms with Crippen LogP contribution in [0.1, 0.15) is 0 Å². The van der Waals surface area contributed by atoms with E-state index in [1.807, 2.05) is 0 Å². The van der Waals surface area contributed by atoms with Crippen molar-refractivity contribution in [2.75, 3.05) is 10.5 Å². The van der Waals surface area contributed by atoms with Gasteiger partial charge in [-0.15, -0.1) is 0 Å². The summed E-state index contributed by atoms with van der Waals surface area (Å²) < 4.78 is 66.3. The van der Waals surface area contributed by atoms with E-state index in [0.29, 0.717) is 6.07 Å². The molecule has 0 unspecified atom stereocenters. The number of hydrogen-bond acceptors (Lipinski definition) is 3. The smallest absolute Gasteiger partial charge is 0.265 e. The molecule has 0 saturated heterocycles. The van der Waals surface area contributed by atoms with E-state index in [4.69, 9.17) is 17.3 Å². The summed E-state index contributed by atoms with van der Waals surface area (Å²) in [7, 11) is -4.57. The molecule has 112 valence electrons. The molecule has 2 rings (SSSR count). The third-order valence-corrected chi connectivity index (χ3v) is 4.16. The number of rotatable bonds is 3. The molecule has 0 radical (unpaired) electrons. The fourth-order valence-corrected chi connectivity index (χ4v) is 2.92. The van der Waals surface area contributed by atoms with Gasteiger partial charge in [0.25, 0.3) is 10.0 Å². The molecule has 0 fully saturated rings. The lowest BCUT2D eigenvalue weighted by molar-refractivity contribution is 0.486. The van der Waals surface area contributed by atoms with Gasteiger partial charge in [0.05, 0.1) is 10.7 Å². The first-order chi connectivity index (χ1) is 9.72. The standard InChI is InChI=1S/C12H8ClF3N2O2S/c13-7-2-1-3-9(11(7)15)18-21(19,20)10-5-6(17)4-8(14)12(10)16/h1-5,18H,17H2. The van der Waals surface area contributed by atoms with E-state index in [-0.39, 0.29) is 10.7 Å². The van der Waals surface area contributed by atoms with Gasteiger partial charge in [-0.25, -0.2) is 21.6 Å². The predicted molar refractivity (Wildman–Crippen MR) is 73.0 cm³/mol. The molecule has 0 aliphatic carbocycles. The molecular formula is C12H8ClF3N2O2S. The Bertz CT molecular complexity index is 812. The number of nitrogens with two attached hydrogens (primary N) is 1. The number of nitrogens with one attached hydrogen (secondary N) is 1. The highest BCUT2D eigenvalue weighted by Gasteiger charge is 2.24. The SMILES string of the molecule is Nc1cc(F)c(F)c(S(=O)(=O)Nc2cccc(Cl)c2F)c1. The highest BCUT2D eigenvalue weighted by Crippen LogP contribution is 2.27. The number of benzene rings is 2. The van der Waals surface area contributed by atoms with Crippen molar-refractivity contribution in [2.24, 2.45) is 0 Å². The number of hydrogen-bond donors (Lipinski definition) is 2. The van der Waals surface area contributed by atoms with Crippen LogP contribution >= 0.6 is 11.6 Å². The number of halogens is 4. The van der Waals surface area contributed by atoms with E-state index in [9.17, 15) is 21.6 Å². The second-order valence-electron chi connectivity index (χ2n) is 4.02.